The molecule has 0 aliphatic heterocycles. The van der Waals surface area contributed by atoms with Crippen molar-refractivity contribution in [3.8, 4) is 6.07 Å². The lowest BCUT2D eigenvalue weighted by Gasteiger charge is -2.11. The molecule has 0 saturated heterocycles. The van der Waals surface area contributed by atoms with Crippen LogP contribution >= 0.6 is 11.6 Å². The summed E-state index contributed by atoms with van der Waals surface area (Å²) in [6.07, 6.45) is 3.58. The molecule has 0 radical (unpaired) electrons. The summed E-state index contributed by atoms with van der Waals surface area (Å²) in [6, 6.07) is 15.1. The van der Waals surface area contributed by atoms with Crippen molar-refractivity contribution < 1.29 is 0 Å². The molecule has 4 aromatic rings. The lowest BCUT2D eigenvalue weighted by Crippen LogP contribution is -1.99. The minimum atomic E-state index is 0.301. The van der Waals surface area contributed by atoms with Crippen molar-refractivity contribution in [3.05, 3.63) is 71.3 Å². The number of nitriles is 1. The molecule has 0 aliphatic carbocycles. The summed E-state index contributed by atoms with van der Waals surface area (Å²) < 4.78 is 0. The van der Waals surface area contributed by atoms with E-state index in [2.05, 4.69) is 31.7 Å². The van der Waals surface area contributed by atoms with Crippen molar-refractivity contribution in [1.29, 1.82) is 5.26 Å². The van der Waals surface area contributed by atoms with Gasteiger partial charge in [-0.25, -0.2) is 4.98 Å². The molecule has 0 bridgehead atoms. The zero-order valence-electron chi connectivity index (χ0n) is 14.4. The van der Waals surface area contributed by atoms with E-state index in [0.717, 1.165) is 33.7 Å². The highest BCUT2D eigenvalue weighted by Crippen LogP contribution is 2.29. The fourth-order valence-electron chi connectivity index (χ4n) is 2.77. The molecule has 0 saturated carbocycles. The van der Waals surface area contributed by atoms with Crippen molar-refractivity contribution in [2.45, 2.75) is 6.92 Å². The number of aromatic nitrogens is 3. The van der Waals surface area contributed by atoms with Crippen molar-refractivity contribution >= 4 is 45.4 Å². The summed E-state index contributed by atoms with van der Waals surface area (Å²) in [5.74, 6) is 0.540. The number of nitrogens with zero attached hydrogens (tertiary/aromatic N) is 3. The number of rotatable bonds is 4. The normalized spacial score (nSPS) is 10.6. The molecule has 0 unspecified atom stereocenters. The molecule has 7 heteroatoms. The molecule has 0 fully saturated rings. The highest BCUT2D eigenvalue weighted by Gasteiger charge is 2.07. The summed E-state index contributed by atoms with van der Waals surface area (Å²) in [5.41, 5.74) is 4.51. The zero-order valence-corrected chi connectivity index (χ0v) is 15.2. The Bertz CT molecular complexity index is 1160. The van der Waals surface area contributed by atoms with Crippen LogP contribution in [-0.4, -0.2) is 15.0 Å². The lowest BCUT2D eigenvalue weighted by atomic mass is 10.2. The average molecular weight is 375 g/mol. The van der Waals surface area contributed by atoms with Gasteiger partial charge in [0.25, 0.3) is 0 Å². The van der Waals surface area contributed by atoms with Gasteiger partial charge in [0.1, 0.15) is 17.6 Å². The molecule has 27 heavy (non-hydrogen) atoms. The Balaban J connectivity index is 1.65. The van der Waals surface area contributed by atoms with E-state index in [1.807, 2.05) is 49.5 Å². The largest absolute Gasteiger partial charge is 0.361 e. The topological polar surface area (TPSA) is 89.4 Å². The maximum atomic E-state index is 9.31. The van der Waals surface area contributed by atoms with Gasteiger partial charge in [0.2, 0.25) is 0 Å². The number of benzene rings is 1. The second-order valence-electron chi connectivity index (χ2n) is 6.07. The molecule has 3 aromatic heterocycles. The van der Waals surface area contributed by atoms with Crippen LogP contribution in [0.15, 0.2) is 54.9 Å². The van der Waals surface area contributed by atoms with Gasteiger partial charge in [-0.05, 0) is 43.3 Å². The molecule has 3 N–H and O–H groups in total. The van der Waals surface area contributed by atoms with E-state index >= 15 is 0 Å². The van der Waals surface area contributed by atoms with Gasteiger partial charge in [-0.2, -0.15) is 5.26 Å². The number of H-pyrrole nitrogens is 1. The Morgan fingerprint density at radius 1 is 1.04 bits per heavy atom. The van der Waals surface area contributed by atoms with Crippen molar-refractivity contribution in [1.82, 2.24) is 15.0 Å². The summed E-state index contributed by atoms with van der Waals surface area (Å²) in [4.78, 5) is 11.7. The van der Waals surface area contributed by atoms with Gasteiger partial charge < -0.3 is 15.6 Å². The molecule has 0 atom stereocenters. The number of aryl methyl sites for hydroxylation is 1. The first-order valence-corrected chi connectivity index (χ1v) is 8.64. The van der Waals surface area contributed by atoms with Crippen molar-refractivity contribution in [2.24, 2.45) is 0 Å². The van der Waals surface area contributed by atoms with Crippen molar-refractivity contribution in [2.75, 3.05) is 10.6 Å². The predicted molar refractivity (Wildman–Crippen MR) is 108 cm³/mol. The van der Waals surface area contributed by atoms with Gasteiger partial charge in [0.15, 0.2) is 0 Å². The Morgan fingerprint density at radius 3 is 2.67 bits per heavy atom. The Kier molecular flexibility index (Phi) is 4.37. The van der Waals surface area contributed by atoms with E-state index < -0.39 is 0 Å². The van der Waals surface area contributed by atoms with Crippen LogP contribution in [0.3, 0.4) is 0 Å². The van der Waals surface area contributed by atoms with Crippen LogP contribution in [0.25, 0.3) is 10.9 Å². The maximum Gasteiger partial charge on any atom is 0.144 e. The summed E-state index contributed by atoms with van der Waals surface area (Å²) in [5, 5.41) is 17.4. The minimum absolute atomic E-state index is 0.301. The number of nitrogens with one attached hydrogen (secondary N) is 3. The molecule has 0 aliphatic rings. The smallest absolute Gasteiger partial charge is 0.144 e. The molecular formula is C20H15ClN6. The van der Waals surface area contributed by atoms with E-state index in [1.165, 1.54) is 0 Å². The van der Waals surface area contributed by atoms with E-state index in [4.69, 9.17) is 11.6 Å². The zero-order chi connectivity index (χ0) is 18.8. The molecule has 132 valence electrons. The summed E-state index contributed by atoms with van der Waals surface area (Å²) in [7, 11) is 0. The van der Waals surface area contributed by atoms with Crippen LogP contribution in [0.4, 0.5) is 22.9 Å². The predicted octanol–water partition coefficient (Wildman–Crippen LogP) is 5.28. The summed E-state index contributed by atoms with van der Waals surface area (Å²) in [6.45, 7) is 1.93. The number of anilines is 4. The van der Waals surface area contributed by atoms with Crippen LogP contribution in [0.1, 0.15) is 11.4 Å². The van der Waals surface area contributed by atoms with Crippen LogP contribution < -0.4 is 10.6 Å². The summed E-state index contributed by atoms with van der Waals surface area (Å²) >= 11 is 6.33. The van der Waals surface area contributed by atoms with Crippen molar-refractivity contribution in [3.63, 3.8) is 0 Å². The highest BCUT2D eigenvalue weighted by molar-refractivity contribution is 6.35. The van der Waals surface area contributed by atoms with Crippen LogP contribution in [0, 0.1) is 18.3 Å². The molecule has 1 aromatic carbocycles. The Labute approximate surface area is 160 Å². The third-order valence-corrected chi connectivity index (χ3v) is 4.34. The number of halogens is 1. The number of hydrogen-bond donors (Lipinski definition) is 3. The van der Waals surface area contributed by atoms with Crippen LogP contribution in [-0.2, 0) is 0 Å². The first-order chi connectivity index (χ1) is 13.1. The molecule has 3 heterocycles. The van der Waals surface area contributed by atoms with Gasteiger partial charge >= 0.3 is 0 Å². The van der Waals surface area contributed by atoms with Gasteiger partial charge in [0, 0.05) is 40.2 Å². The van der Waals surface area contributed by atoms with E-state index in [-0.39, 0.29) is 0 Å². The maximum absolute atomic E-state index is 9.31. The first kappa shape index (κ1) is 16.9. The van der Waals surface area contributed by atoms with Gasteiger partial charge in [-0.15, -0.1) is 0 Å². The quantitative estimate of drug-likeness (QED) is 0.452. The Morgan fingerprint density at radius 2 is 1.89 bits per heavy atom. The third-order valence-electron chi connectivity index (χ3n) is 4.03. The monoisotopic (exact) mass is 374 g/mol. The number of pyridine rings is 2. The first-order valence-electron chi connectivity index (χ1n) is 8.26. The fourth-order valence-corrected chi connectivity index (χ4v) is 3.06. The molecular weight excluding hydrogens is 360 g/mol. The lowest BCUT2D eigenvalue weighted by molar-refractivity contribution is 1.20. The Hall–Kier alpha value is -3.56. The third kappa shape index (κ3) is 3.68. The van der Waals surface area contributed by atoms with Gasteiger partial charge in [-0.3, -0.25) is 4.98 Å². The second kappa shape index (κ2) is 6.98. The average Bonchev–Trinajstić information content (AvgIpc) is 3.12. The van der Waals surface area contributed by atoms with Gasteiger partial charge in [-0.1, -0.05) is 11.6 Å². The van der Waals surface area contributed by atoms with E-state index in [0.29, 0.717) is 16.5 Å². The number of hydrogen-bond acceptors (Lipinski definition) is 5. The highest BCUT2D eigenvalue weighted by atomic mass is 35.5. The molecule has 0 spiro atoms. The SMILES string of the molecule is Cc1ccc(Nc2cc(C#N)nc(Nc3cc(Cl)c4cc[nH]c4c3)c2)cn1. The van der Waals surface area contributed by atoms with E-state index in [9.17, 15) is 5.26 Å². The van der Waals surface area contributed by atoms with E-state index in [1.54, 1.807) is 12.3 Å². The minimum Gasteiger partial charge on any atom is -0.361 e. The van der Waals surface area contributed by atoms with Gasteiger partial charge in [0.05, 0.1) is 16.9 Å². The van der Waals surface area contributed by atoms with Crippen LogP contribution in [0.5, 0.6) is 0 Å². The molecule has 0 amide bonds. The second-order valence-corrected chi connectivity index (χ2v) is 6.48. The standard InChI is InChI=1S/C20H15ClN6/c1-12-2-3-13(11-24-12)25-14-6-16(10-22)27-20(9-14)26-15-7-18(21)17-4-5-23-19(17)8-15/h2-9,11,23H,1H3,(H2,25,26,27). The number of aromatic amines is 1. The fraction of sp³-hybridized carbons (Fsp3) is 0.0500. The van der Waals surface area contributed by atoms with Crippen LogP contribution in [0.2, 0.25) is 5.02 Å². The molecule has 4 rings (SSSR count). The number of fused-ring (bicyclic) bond motifs is 1. The molecule has 6 nitrogen and oxygen atoms in total.